The van der Waals surface area contributed by atoms with Crippen LogP contribution in [0.1, 0.15) is 13.8 Å². The minimum Gasteiger partial charge on any atom is -0.480 e. The van der Waals surface area contributed by atoms with Crippen LogP contribution in [0.2, 0.25) is 0 Å². The van der Waals surface area contributed by atoms with Crippen LogP contribution in [0.15, 0.2) is 0 Å². The van der Waals surface area contributed by atoms with Crippen molar-refractivity contribution in [3.63, 3.8) is 0 Å². The minimum absolute atomic E-state index is 0.00816. The molecule has 1 atom stereocenters. The fraction of sp³-hybridized carbons (Fsp3) is 0.636. The Hall–Kier alpha value is -1.35. The molecule has 0 aromatic carbocycles. The molecule has 0 aliphatic rings. The molecule has 0 aromatic heterocycles. The number of amides is 2. The molecule has 5 nitrogen and oxygen atoms in total. The van der Waals surface area contributed by atoms with Gasteiger partial charge in [0.15, 0.2) is 0 Å². The van der Waals surface area contributed by atoms with Crippen molar-refractivity contribution < 1.29 is 14.7 Å². The lowest BCUT2D eigenvalue weighted by molar-refractivity contribution is -0.137. The average molecular weight is 258 g/mol. The topological polar surface area (TPSA) is 69.6 Å². The summed E-state index contributed by atoms with van der Waals surface area (Å²) in [5.74, 6) is 2.96. The predicted octanol–water partition coefficient (Wildman–Crippen LogP) is 0.857. The van der Waals surface area contributed by atoms with Crippen molar-refractivity contribution in [3.8, 4) is 12.3 Å². The number of carboxylic acids is 1. The zero-order valence-electron chi connectivity index (χ0n) is 10.1. The van der Waals surface area contributed by atoms with Crippen LogP contribution in [0.3, 0.4) is 0 Å². The number of thioether (sulfide) groups is 1. The van der Waals surface area contributed by atoms with Gasteiger partial charge in [-0.15, -0.1) is 6.42 Å². The number of nitrogens with zero attached hydrogens (tertiary/aromatic N) is 1. The predicted molar refractivity (Wildman–Crippen MR) is 69.0 cm³/mol. The summed E-state index contributed by atoms with van der Waals surface area (Å²) >= 11 is 1.71. The van der Waals surface area contributed by atoms with Crippen LogP contribution < -0.4 is 5.32 Å². The van der Waals surface area contributed by atoms with Gasteiger partial charge >= 0.3 is 12.0 Å². The Balaban J connectivity index is 4.22. The third-order valence-corrected chi connectivity index (χ3v) is 2.98. The molecule has 2 amide bonds. The van der Waals surface area contributed by atoms with Crippen LogP contribution in [0, 0.1) is 12.3 Å². The first-order chi connectivity index (χ1) is 8.01. The fourth-order valence-electron chi connectivity index (χ4n) is 1.11. The number of hydrogen-bond donors (Lipinski definition) is 2. The van der Waals surface area contributed by atoms with Crippen molar-refractivity contribution in [2.45, 2.75) is 19.9 Å². The van der Waals surface area contributed by atoms with E-state index < -0.39 is 12.0 Å². The monoisotopic (exact) mass is 258 g/mol. The Morgan fingerprint density at radius 3 is 2.71 bits per heavy atom. The summed E-state index contributed by atoms with van der Waals surface area (Å²) in [7, 11) is 0. The van der Waals surface area contributed by atoms with Gasteiger partial charge in [-0.3, -0.25) is 4.79 Å². The standard InChI is InChI=1S/C11H18N2O3S/c1-4-6-13(7-10(14)15)11(16)12-9(3)8-17-5-2/h1,9H,5-8H2,2-3H3,(H,12,16)(H,14,15). The maximum Gasteiger partial charge on any atom is 0.323 e. The SMILES string of the molecule is C#CCN(CC(=O)O)C(=O)NC(C)CSCC. The van der Waals surface area contributed by atoms with Gasteiger partial charge in [0, 0.05) is 11.8 Å². The normalized spacial score (nSPS) is 11.4. The van der Waals surface area contributed by atoms with Crippen molar-refractivity contribution in [2.75, 3.05) is 24.6 Å². The Bertz CT molecular complexity index is 302. The largest absolute Gasteiger partial charge is 0.480 e. The second-order valence-electron chi connectivity index (χ2n) is 3.46. The average Bonchev–Trinajstić information content (AvgIpc) is 2.25. The maximum absolute atomic E-state index is 11.7. The molecule has 96 valence electrons. The van der Waals surface area contributed by atoms with Gasteiger partial charge in [-0.05, 0) is 12.7 Å². The van der Waals surface area contributed by atoms with Crippen LogP contribution in [0.4, 0.5) is 4.79 Å². The Morgan fingerprint density at radius 1 is 1.59 bits per heavy atom. The summed E-state index contributed by atoms with van der Waals surface area (Å²) in [6, 6.07) is -0.448. The molecule has 0 radical (unpaired) electrons. The number of carbonyl (C=O) groups is 2. The molecule has 0 aliphatic carbocycles. The first kappa shape index (κ1) is 15.7. The quantitative estimate of drug-likeness (QED) is 0.664. The Kier molecular flexibility index (Phi) is 8.07. The van der Waals surface area contributed by atoms with Crippen molar-refractivity contribution in [1.29, 1.82) is 0 Å². The summed E-state index contributed by atoms with van der Waals surface area (Å²) in [5.41, 5.74) is 0. The van der Waals surface area contributed by atoms with Crippen LogP contribution in [-0.2, 0) is 4.79 Å². The van der Waals surface area contributed by atoms with Crippen molar-refractivity contribution in [2.24, 2.45) is 0 Å². The third-order valence-electron chi connectivity index (χ3n) is 1.84. The molecule has 0 aliphatic heterocycles. The fourth-order valence-corrected chi connectivity index (χ4v) is 1.78. The zero-order chi connectivity index (χ0) is 13.3. The highest BCUT2D eigenvalue weighted by molar-refractivity contribution is 7.99. The van der Waals surface area contributed by atoms with Crippen LogP contribution in [-0.4, -0.2) is 52.6 Å². The summed E-state index contributed by atoms with van der Waals surface area (Å²) in [6.45, 7) is 3.51. The number of rotatable bonds is 7. The summed E-state index contributed by atoms with van der Waals surface area (Å²) in [4.78, 5) is 23.3. The minimum atomic E-state index is -1.08. The van der Waals surface area contributed by atoms with E-state index >= 15 is 0 Å². The van der Waals surface area contributed by atoms with Crippen LogP contribution in [0.25, 0.3) is 0 Å². The summed E-state index contributed by atoms with van der Waals surface area (Å²) in [5, 5.41) is 11.4. The Labute approximate surface area is 106 Å². The molecule has 0 fully saturated rings. The van der Waals surface area contributed by atoms with E-state index in [-0.39, 0.29) is 19.1 Å². The van der Waals surface area contributed by atoms with E-state index in [4.69, 9.17) is 11.5 Å². The highest BCUT2D eigenvalue weighted by atomic mass is 32.2. The molecular formula is C11H18N2O3S. The smallest absolute Gasteiger partial charge is 0.323 e. The number of terminal acetylenes is 1. The first-order valence-electron chi connectivity index (χ1n) is 5.29. The lowest BCUT2D eigenvalue weighted by Gasteiger charge is -2.21. The van der Waals surface area contributed by atoms with Gasteiger partial charge in [-0.1, -0.05) is 12.8 Å². The van der Waals surface area contributed by atoms with Gasteiger partial charge in [-0.25, -0.2) is 4.79 Å². The molecule has 0 saturated heterocycles. The van der Waals surface area contributed by atoms with Crippen molar-refractivity contribution in [1.82, 2.24) is 10.2 Å². The number of hydrogen-bond acceptors (Lipinski definition) is 3. The molecule has 0 aromatic rings. The lowest BCUT2D eigenvalue weighted by Crippen LogP contribution is -2.46. The van der Waals surface area contributed by atoms with E-state index in [1.54, 1.807) is 11.8 Å². The second-order valence-corrected chi connectivity index (χ2v) is 4.78. The van der Waals surface area contributed by atoms with Crippen LogP contribution in [0.5, 0.6) is 0 Å². The van der Waals surface area contributed by atoms with Gasteiger partial charge in [-0.2, -0.15) is 11.8 Å². The first-order valence-corrected chi connectivity index (χ1v) is 6.45. The van der Waals surface area contributed by atoms with Gasteiger partial charge in [0.25, 0.3) is 0 Å². The van der Waals surface area contributed by atoms with Crippen molar-refractivity contribution >= 4 is 23.8 Å². The summed E-state index contributed by atoms with van der Waals surface area (Å²) in [6.07, 6.45) is 5.09. The number of carboxylic acid groups (broad SMARTS) is 1. The molecule has 17 heavy (non-hydrogen) atoms. The highest BCUT2D eigenvalue weighted by Gasteiger charge is 2.17. The van der Waals surface area contributed by atoms with E-state index in [1.807, 2.05) is 13.8 Å². The van der Waals surface area contributed by atoms with E-state index in [0.29, 0.717) is 0 Å². The Morgan fingerprint density at radius 2 is 2.24 bits per heavy atom. The maximum atomic E-state index is 11.7. The van der Waals surface area contributed by atoms with E-state index in [1.165, 1.54) is 0 Å². The summed E-state index contributed by atoms with van der Waals surface area (Å²) < 4.78 is 0. The molecule has 0 saturated carbocycles. The highest BCUT2D eigenvalue weighted by Crippen LogP contribution is 2.02. The molecule has 0 heterocycles. The number of aliphatic carboxylic acids is 1. The lowest BCUT2D eigenvalue weighted by atomic mass is 10.4. The number of carbonyl (C=O) groups excluding carboxylic acids is 1. The van der Waals surface area contributed by atoms with Crippen LogP contribution >= 0.6 is 11.8 Å². The van der Waals surface area contributed by atoms with Gasteiger partial charge in [0.1, 0.15) is 6.54 Å². The van der Waals surface area contributed by atoms with Gasteiger partial charge in [0.2, 0.25) is 0 Å². The zero-order valence-corrected chi connectivity index (χ0v) is 10.9. The number of urea groups is 1. The molecule has 0 spiro atoms. The van der Waals surface area contributed by atoms with E-state index in [0.717, 1.165) is 16.4 Å². The van der Waals surface area contributed by atoms with Gasteiger partial charge in [0.05, 0.1) is 6.54 Å². The molecule has 6 heteroatoms. The molecule has 0 bridgehead atoms. The van der Waals surface area contributed by atoms with Crippen molar-refractivity contribution in [3.05, 3.63) is 0 Å². The van der Waals surface area contributed by atoms with E-state index in [9.17, 15) is 9.59 Å². The third kappa shape index (κ3) is 7.53. The molecular weight excluding hydrogens is 240 g/mol. The molecule has 1 unspecified atom stereocenters. The van der Waals surface area contributed by atoms with Gasteiger partial charge < -0.3 is 15.3 Å². The second kappa shape index (κ2) is 8.76. The molecule has 0 rings (SSSR count). The molecule has 2 N–H and O–H groups in total. The van der Waals surface area contributed by atoms with E-state index in [2.05, 4.69) is 11.2 Å². The number of nitrogens with one attached hydrogen (secondary N) is 1.